The lowest BCUT2D eigenvalue weighted by Gasteiger charge is -2.16. The average molecular weight is 253 g/mol. The van der Waals surface area contributed by atoms with Gasteiger partial charge in [0.05, 0.1) is 0 Å². The van der Waals surface area contributed by atoms with Gasteiger partial charge < -0.3 is 4.90 Å². The van der Waals surface area contributed by atoms with E-state index in [9.17, 15) is 0 Å². The highest BCUT2D eigenvalue weighted by Gasteiger charge is 2.19. The lowest BCUT2D eigenvalue weighted by molar-refractivity contribution is 0.456. The molecule has 0 N–H and O–H groups in total. The number of hydrogen-bond acceptors (Lipinski definition) is 4. The third-order valence-electron chi connectivity index (χ3n) is 2.17. The third kappa shape index (κ3) is 2.65. The summed E-state index contributed by atoms with van der Waals surface area (Å²) in [4.78, 5) is 9.87. The van der Waals surface area contributed by atoms with Crippen LogP contribution in [0.5, 0.6) is 0 Å². The zero-order chi connectivity index (χ0) is 11.4. The fourth-order valence-corrected chi connectivity index (χ4v) is 2.50. The number of pyridine rings is 1. The normalized spacial score (nSPS) is 17.8. The van der Waals surface area contributed by atoms with Crippen molar-refractivity contribution < 1.29 is 0 Å². The van der Waals surface area contributed by atoms with Gasteiger partial charge in [-0.1, -0.05) is 29.4 Å². The predicted molar refractivity (Wildman–Crippen MR) is 65.2 cm³/mol. The first kappa shape index (κ1) is 11.2. The SMILES string of the molecule is N#C/N=C1/SCCN1Cc1ccc(Cl)nc1. The van der Waals surface area contributed by atoms with E-state index in [4.69, 9.17) is 16.9 Å². The predicted octanol–water partition coefficient (Wildman–Crippen LogP) is 2.12. The van der Waals surface area contributed by atoms with Crippen molar-refractivity contribution in [3.8, 4) is 6.19 Å². The largest absolute Gasteiger partial charge is 0.345 e. The first-order valence-corrected chi connectivity index (χ1v) is 6.11. The first-order valence-electron chi connectivity index (χ1n) is 4.74. The smallest absolute Gasteiger partial charge is 0.208 e. The van der Waals surface area contributed by atoms with Crippen LogP contribution in [-0.2, 0) is 6.54 Å². The molecule has 2 heterocycles. The van der Waals surface area contributed by atoms with Crippen molar-refractivity contribution in [3.05, 3.63) is 29.0 Å². The van der Waals surface area contributed by atoms with Gasteiger partial charge in [0, 0.05) is 25.0 Å². The van der Waals surface area contributed by atoms with Crippen LogP contribution in [0.3, 0.4) is 0 Å². The van der Waals surface area contributed by atoms with Crippen molar-refractivity contribution in [1.82, 2.24) is 9.88 Å². The van der Waals surface area contributed by atoms with Crippen LogP contribution in [0.4, 0.5) is 0 Å². The molecule has 1 aromatic heterocycles. The number of rotatable bonds is 2. The van der Waals surface area contributed by atoms with Crippen LogP contribution in [0.15, 0.2) is 23.3 Å². The van der Waals surface area contributed by atoms with Gasteiger partial charge in [-0.25, -0.2) is 4.98 Å². The molecule has 2 rings (SSSR count). The van der Waals surface area contributed by atoms with E-state index in [0.717, 1.165) is 29.6 Å². The molecule has 82 valence electrons. The Morgan fingerprint density at radius 1 is 1.62 bits per heavy atom. The summed E-state index contributed by atoms with van der Waals surface area (Å²) in [6.07, 6.45) is 3.57. The number of aliphatic imine (C=N–C) groups is 1. The maximum absolute atomic E-state index is 8.54. The Hall–Kier alpha value is -1.25. The fourth-order valence-electron chi connectivity index (χ4n) is 1.45. The summed E-state index contributed by atoms with van der Waals surface area (Å²) in [5.74, 6) is 0.974. The van der Waals surface area contributed by atoms with Gasteiger partial charge in [0.1, 0.15) is 5.15 Å². The number of nitrogens with zero attached hydrogens (tertiary/aromatic N) is 4. The molecule has 0 amide bonds. The monoisotopic (exact) mass is 252 g/mol. The number of amidine groups is 1. The number of nitriles is 1. The van der Waals surface area contributed by atoms with Gasteiger partial charge in [0.2, 0.25) is 6.19 Å². The Kier molecular flexibility index (Phi) is 3.65. The van der Waals surface area contributed by atoms with E-state index >= 15 is 0 Å². The Balaban J connectivity index is 2.07. The molecule has 0 bridgehead atoms. The van der Waals surface area contributed by atoms with E-state index in [-0.39, 0.29) is 0 Å². The van der Waals surface area contributed by atoms with Crippen LogP contribution in [0, 0.1) is 11.5 Å². The van der Waals surface area contributed by atoms with Crippen LogP contribution in [0.2, 0.25) is 5.15 Å². The molecule has 6 heteroatoms. The maximum Gasteiger partial charge on any atom is 0.208 e. The highest BCUT2D eigenvalue weighted by Crippen LogP contribution is 2.20. The zero-order valence-electron chi connectivity index (χ0n) is 8.43. The topological polar surface area (TPSA) is 52.3 Å². The minimum atomic E-state index is 0.491. The third-order valence-corrected chi connectivity index (χ3v) is 3.39. The first-order chi connectivity index (χ1) is 7.79. The molecule has 1 saturated heterocycles. The molecule has 1 aliphatic heterocycles. The lowest BCUT2D eigenvalue weighted by atomic mass is 10.3. The van der Waals surface area contributed by atoms with Crippen molar-refractivity contribution in [2.75, 3.05) is 12.3 Å². The summed E-state index contributed by atoms with van der Waals surface area (Å²) in [6, 6.07) is 3.70. The Labute approximate surface area is 103 Å². The van der Waals surface area contributed by atoms with Crippen LogP contribution in [0.1, 0.15) is 5.56 Å². The Bertz CT molecular complexity index is 437. The maximum atomic E-state index is 8.54. The molecular weight excluding hydrogens is 244 g/mol. The molecule has 0 radical (unpaired) electrons. The van der Waals surface area contributed by atoms with E-state index in [1.807, 2.05) is 12.3 Å². The molecule has 0 aromatic carbocycles. The number of halogens is 1. The second-order valence-electron chi connectivity index (χ2n) is 3.25. The summed E-state index contributed by atoms with van der Waals surface area (Å²) in [5, 5.41) is 9.82. The molecule has 0 unspecified atom stereocenters. The highest BCUT2D eigenvalue weighted by atomic mass is 35.5. The van der Waals surface area contributed by atoms with Gasteiger partial charge in [0.25, 0.3) is 0 Å². The molecule has 4 nitrogen and oxygen atoms in total. The molecule has 0 spiro atoms. The molecule has 16 heavy (non-hydrogen) atoms. The van der Waals surface area contributed by atoms with Gasteiger partial charge in [0.15, 0.2) is 5.17 Å². The summed E-state index contributed by atoms with van der Waals surface area (Å²) in [5.41, 5.74) is 1.07. The number of hydrogen-bond donors (Lipinski definition) is 0. The second-order valence-corrected chi connectivity index (χ2v) is 4.70. The van der Waals surface area contributed by atoms with Crippen molar-refractivity contribution in [2.24, 2.45) is 4.99 Å². The van der Waals surface area contributed by atoms with Crippen LogP contribution in [-0.4, -0.2) is 27.3 Å². The molecule has 1 fully saturated rings. The van der Waals surface area contributed by atoms with E-state index in [2.05, 4.69) is 14.9 Å². The summed E-state index contributed by atoms with van der Waals surface area (Å²) in [6.45, 7) is 1.63. The van der Waals surface area contributed by atoms with Gasteiger partial charge in [-0.05, 0) is 11.6 Å². The van der Waals surface area contributed by atoms with Gasteiger partial charge in [-0.3, -0.25) is 0 Å². The summed E-state index contributed by atoms with van der Waals surface area (Å²) >= 11 is 7.32. The second kappa shape index (κ2) is 5.19. The Morgan fingerprint density at radius 3 is 3.19 bits per heavy atom. The standard InChI is InChI=1S/C10H9ClN4S/c11-9-2-1-8(5-13-9)6-15-3-4-16-10(15)14-7-12/h1-2,5H,3-4,6H2/b14-10+. The number of aromatic nitrogens is 1. The molecule has 0 atom stereocenters. The van der Waals surface area contributed by atoms with Crippen LogP contribution >= 0.6 is 23.4 Å². The molecule has 1 aliphatic rings. The van der Waals surface area contributed by atoms with Gasteiger partial charge in [-0.15, -0.1) is 4.99 Å². The van der Waals surface area contributed by atoms with Crippen molar-refractivity contribution in [3.63, 3.8) is 0 Å². The van der Waals surface area contributed by atoms with Crippen molar-refractivity contribution >= 4 is 28.5 Å². The quantitative estimate of drug-likeness (QED) is 0.598. The number of thioether (sulfide) groups is 1. The summed E-state index contributed by atoms with van der Waals surface area (Å²) < 4.78 is 0. The van der Waals surface area contributed by atoms with Crippen LogP contribution < -0.4 is 0 Å². The van der Waals surface area contributed by atoms with Gasteiger partial charge in [-0.2, -0.15) is 5.26 Å². The van der Waals surface area contributed by atoms with Crippen molar-refractivity contribution in [2.45, 2.75) is 6.54 Å². The van der Waals surface area contributed by atoms with E-state index < -0.39 is 0 Å². The molecule has 0 aliphatic carbocycles. The highest BCUT2D eigenvalue weighted by molar-refractivity contribution is 8.14. The summed E-state index contributed by atoms with van der Waals surface area (Å²) in [7, 11) is 0. The van der Waals surface area contributed by atoms with E-state index in [0.29, 0.717) is 5.15 Å². The minimum Gasteiger partial charge on any atom is -0.345 e. The average Bonchev–Trinajstić information content (AvgIpc) is 2.70. The van der Waals surface area contributed by atoms with Gasteiger partial charge >= 0.3 is 0 Å². The molecular formula is C10H9ClN4S. The fraction of sp³-hybridized carbons (Fsp3) is 0.300. The molecule has 1 aromatic rings. The minimum absolute atomic E-state index is 0.491. The molecule has 0 saturated carbocycles. The van der Waals surface area contributed by atoms with Crippen molar-refractivity contribution in [1.29, 1.82) is 5.26 Å². The van der Waals surface area contributed by atoms with Crippen LogP contribution in [0.25, 0.3) is 0 Å². The zero-order valence-corrected chi connectivity index (χ0v) is 10.0. The lowest BCUT2D eigenvalue weighted by Crippen LogP contribution is -2.23. The van der Waals surface area contributed by atoms with E-state index in [1.54, 1.807) is 24.0 Å². The Morgan fingerprint density at radius 2 is 2.50 bits per heavy atom. The van der Waals surface area contributed by atoms with E-state index in [1.165, 1.54) is 0 Å².